The number of hydrogen-bond acceptors (Lipinski definition) is 1. The van der Waals surface area contributed by atoms with Crippen molar-refractivity contribution >= 4 is 40.1 Å². The molecular weight excluding hydrogens is 204 g/mol. The number of hydrogen-bond donors (Lipinski definition) is 2. The van der Waals surface area contributed by atoms with E-state index in [1.807, 2.05) is 0 Å². The molecule has 0 saturated heterocycles. The van der Waals surface area contributed by atoms with Crippen molar-refractivity contribution < 1.29 is 0 Å². The van der Waals surface area contributed by atoms with Gasteiger partial charge in [0.25, 0.3) is 0 Å². The van der Waals surface area contributed by atoms with Gasteiger partial charge in [-0.3, -0.25) is 0 Å². The van der Waals surface area contributed by atoms with Gasteiger partial charge in [0.15, 0.2) is 0 Å². The van der Waals surface area contributed by atoms with E-state index in [4.69, 9.17) is 11.1 Å². The van der Waals surface area contributed by atoms with Gasteiger partial charge in [0, 0.05) is 0 Å². The molecule has 0 aliphatic rings. The summed E-state index contributed by atoms with van der Waals surface area (Å²) in [5.74, 6) is 0.148. The number of nitrogens with two attached hydrogens (primary N) is 1. The number of guanidine groups is 1. The molecule has 36 valence electrons. The van der Waals surface area contributed by atoms with Crippen LogP contribution in [0.25, 0.3) is 0 Å². The average molecular weight is 211 g/mol. The molecule has 2 atom stereocenters. The molecule has 3 N–H and O–H groups in total. The van der Waals surface area contributed by atoms with Crippen LogP contribution in [0, 0.1) is 5.41 Å². The van der Waals surface area contributed by atoms with Crippen LogP contribution in [0.1, 0.15) is 0 Å². The molecule has 0 fully saturated rings. The molecule has 0 aliphatic carbocycles. The normalized spacial score (nSPS) is 7.67. The summed E-state index contributed by atoms with van der Waals surface area (Å²) in [6.07, 6.45) is 0. The summed E-state index contributed by atoms with van der Waals surface area (Å²) in [7, 11) is 0. The van der Waals surface area contributed by atoms with Crippen molar-refractivity contribution in [3.8, 4) is 0 Å². The van der Waals surface area contributed by atoms with E-state index in [1.54, 1.807) is 2.73 Å². The topological polar surface area (TPSA) is 53.1 Å². The standard InChI is InChI=1S/CH7As2N3/c2-6(3)1(4)5/h2-3H2,(H3,4,5). The first-order chi connectivity index (χ1) is 2.64. The second-order valence-electron chi connectivity index (χ2n) is 0.793. The van der Waals surface area contributed by atoms with Gasteiger partial charge in [-0.25, -0.2) is 0 Å². The first kappa shape index (κ1) is 6.39. The van der Waals surface area contributed by atoms with Crippen LogP contribution in [-0.2, 0) is 0 Å². The Hall–Kier alpha value is 0.387. The van der Waals surface area contributed by atoms with Crippen molar-refractivity contribution in [3.63, 3.8) is 0 Å². The third-order valence-corrected chi connectivity index (χ3v) is 1.45. The molecule has 5 heteroatoms. The van der Waals surface area contributed by atoms with Crippen LogP contribution in [0.2, 0.25) is 0 Å². The molecule has 0 spiro atoms. The molecule has 0 heterocycles. The summed E-state index contributed by atoms with van der Waals surface area (Å²) in [5, 5.41) is 6.68. The zero-order chi connectivity index (χ0) is 5.15. The second kappa shape index (κ2) is 2.54. The first-order valence-electron chi connectivity index (χ1n) is 1.28. The first-order valence-corrected chi connectivity index (χ1v) is 3.45. The van der Waals surface area contributed by atoms with Crippen LogP contribution in [0.3, 0.4) is 0 Å². The summed E-state index contributed by atoms with van der Waals surface area (Å²) < 4.78 is 1.65. The van der Waals surface area contributed by atoms with Crippen molar-refractivity contribution in [3.05, 3.63) is 0 Å². The van der Waals surface area contributed by atoms with Gasteiger partial charge in [-0.15, -0.1) is 0 Å². The fraction of sp³-hybridized carbons (Fsp3) is 0. The predicted molar refractivity (Wildman–Crippen MR) is 30.8 cm³/mol. The summed E-state index contributed by atoms with van der Waals surface area (Å²) in [6.45, 7) is 0. The maximum atomic E-state index is 6.68. The Bertz CT molecular complexity index is 59.8. The summed E-state index contributed by atoms with van der Waals surface area (Å²) in [5.41, 5.74) is 4.98. The van der Waals surface area contributed by atoms with Crippen LogP contribution in [-0.4, -0.2) is 42.8 Å². The minimum atomic E-state index is 0.148. The van der Waals surface area contributed by atoms with Crippen molar-refractivity contribution in [1.82, 2.24) is 2.73 Å². The van der Waals surface area contributed by atoms with Gasteiger partial charge in [-0.1, -0.05) is 0 Å². The maximum absolute atomic E-state index is 6.68. The Morgan fingerprint density at radius 2 is 1.83 bits per heavy atom. The number of rotatable bonds is 0. The number of nitrogens with zero attached hydrogens (tertiary/aromatic N) is 1. The van der Waals surface area contributed by atoms with Gasteiger partial charge in [0.1, 0.15) is 0 Å². The molecule has 3 nitrogen and oxygen atoms in total. The SMILES string of the molecule is N=C(N)N([AsH2])[AsH2]. The molecule has 2 unspecified atom stereocenters. The molecule has 0 rings (SSSR count). The third kappa shape index (κ3) is 2.61. The fourth-order valence-corrected chi connectivity index (χ4v) is 0. The van der Waals surface area contributed by atoms with Gasteiger partial charge in [0.05, 0.1) is 0 Å². The average Bonchev–Trinajstić information content (AvgIpc) is 1.36. The van der Waals surface area contributed by atoms with E-state index >= 15 is 0 Å². The summed E-state index contributed by atoms with van der Waals surface area (Å²) in [4.78, 5) is 0. The molecule has 0 aromatic rings. The Labute approximate surface area is 54.2 Å². The molecule has 0 saturated carbocycles. The summed E-state index contributed by atoms with van der Waals surface area (Å²) >= 11 is 2.71. The third-order valence-electron chi connectivity index (χ3n) is 0.278. The van der Waals surface area contributed by atoms with E-state index in [2.05, 4.69) is 0 Å². The van der Waals surface area contributed by atoms with E-state index in [-0.39, 0.29) is 5.96 Å². The Balaban J connectivity index is 3.26. The van der Waals surface area contributed by atoms with Crippen molar-refractivity contribution in [2.75, 3.05) is 0 Å². The molecule has 0 amide bonds. The molecule has 6 heavy (non-hydrogen) atoms. The van der Waals surface area contributed by atoms with Gasteiger partial charge in [0.2, 0.25) is 0 Å². The van der Waals surface area contributed by atoms with E-state index in [0.29, 0.717) is 0 Å². The van der Waals surface area contributed by atoms with Crippen LogP contribution < -0.4 is 5.73 Å². The van der Waals surface area contributed by atoms with E-state index in [9.17, 15) is 0 Å². The predicted octanol–water partition coefficient (Wildman–Crippen LogP) is -2.72. The van der Waals surface area contributed by atoms with E-state index in [0.717, 1.165) is 0 Å². The van der Waals surface area contributed by atoms with E-state index < -0.39 is 0 Å². The fourth-order valence-electron chi connectivity index (χ4n) is 0. The number of nitrogens with one attached hydrogen (secondary N) is 1. The zero-order valence-corrected chi connectivity index (χ0v) is 8.02. The molecule has 0 radical (unpaired) electrons. The van der Waals surface area contributed by atoms with Crippen molar-refractivity contribution in [2.24, 2.45) is 5.73 Å². The van der Waals surface area contributed by atoms with Gasteiger partial charge in [-0.2, -0.15) is 0 Å². The van der Waals surface area contributed by atoms with Gasteiger partial charge in [-0.05, 0) is 0 Å². The van der Waals surface area contributed by atoms with Crippen LogP contribution in [0.5, 0.6) is 0 Å². The Morgan fingerprint density at radius 3 is 1.83 bits per heavy atom. The van der Waals surface area contributed by atoms with Crippen molar-refractivity contribution in [2.45, 2.75) is 0 Å². The van der Waals surface area contributed by atoms with Gasteiger partial charge >= 0.3 is 54.0 Å². The minimum absolute atomic E-state index is 0.148. The summed E-state index contributed by atoms with van der Waals surface area (Å²) in [6, 6.07) is 0. The van der Waals surface area contributed by atoms with Crippen molar-refractivity contribution in [1.29, 1.82) is 5.41 Å². The molecule has 0 aromatic carbocycles. The molecular formula is CH7As2N3. The van der Waals surface area contributed by atoms with Crippen LogP contribution in [0.15, 0.2) is 0 Å². The molecule has 0 bridgehead atoms. The van der Waals surface area contributed by atoms with Crippen LogP contribution >= 0.6 is 0 Å². The monoisotopic (exact) mass is 211 g/mol. The zero-order valence-electron chi connectivity index (χ0n) is 3.18. The molecule has 0 aromatic heterocycles. The molecule has 0 aliphatic heterocycles. The Kier molecular flexibility index (Phi) is 2.71. The van der Waals surface area contributed by atoms with Crippen LogP contribution in [0.4, 0.5) is 0 Å². The second-order valence-corrected chi connectivity index (χ2v) is 5.75. The van der Waals surface area contributed by atoms with Gasteiger partial charge < -0.3 is 0 Å². The van der Waals surface area contributed by atoms with E-state index in [1.165, 1.54) is 34.2 Å². The quantitative estimate of drug-likeness (QED) is 0.260. The Morgan fingerprint density at radius 1 is 1.67 bits per heavy atom.